The van der Waals surface area contributed by atoms with Crippen molar-refractivity contribution in [3.8, 4) is 22.8 Å². The number of nitrogens with two attached hydrogens (primary N) is 1. The molecule has 0 saturated heterocycles. The number of benzene rings is 2. The zero-order valence-corrected chi connectivity index (χ0v) is 22.0. The highest BCUT2D eigenvalue weighted by molar-refractivity contribution is 5.96. The molecule has 0 aliphatic carbocycles. The minimum Gasteiger partial charge on any atom is -0.495 e. The fourth-order valence-electron chi connectivity index (χ4n) is 5.40. The number of aliphatic hydroxyl groups excluding tert-OH is 1. The van der Waals surface area contributed by atoms with Crippen molar-refractivity contribution in [3.63, 3.8) is 0 Å². The maximum Gasteiger partial charge on any atom is 0.237 e. The quantitative estimate of drug-likeness (QED) is 0.282. The van der Waals surface area contributed by atoms with Crippen LogP contribution in [0.4, 0.5) is 27.4 Å². The Bertz CT molecular complexity index is 1600. The SMILES string of the molecule is COc1cc2c(cc1Nc1ncc3c(N)c(F)c(-c4cnc5c(c4C)NCCO5)cc3n1)C(CO)N(C)CC2. The van der Waals surface area contributed by atoms with Gasteiger partial charge in [-0.25, -0.2) is 19.3 Å². The second kappa shape index (κ2) is 9.83. The fraction of sp³-hybridized carbons (Fsp3) is 0.321. The number of aromatic nitrogens is 3. The van der Waals surface area contributed by atoms with Gasteiger partial charge >= 0.3 is 0 Å². The first-order valence-electron chi connectivity index (χ1n) is 12.8. The number of anilines is 4. The molecule has 10 nitrogen and oxygen atoms in total. The monoisotopic (exact) mass is 531 g/mol. The first-order valence-corrected chi connectivity index (χ1v) is 12.8. The van der Waals surface area contributed by atoms with Crippen molar-refractivity contribution >= 4 is 33.9 Å². The van der Waals surface area contributed by atoms with Gasteiger partial charge in [-0.2, -0.15) is 0 Å². The highest BCUT2D eigenvalue weighted by atomic mass is 19.1. The molecule has 39 heavy (non-hydrogen) atoms. The van der Waals surface area contributed by atoms with E-state index >= 15 is 4.39 Å². The third-order valence-corrected chi connectivity index (χ3v) is 7.60. The summed E-state index contributed by atoms with van der Waals surface area (Å²) in [4.78, 5) is 15.6. The Morgan fingerprint density at radius 1 is 1.26 bits per heavy atom. The number of nitrogens with one attached hydrogen (secondary N) is 2. The van der Waals surface area contributed by atoms with Gasteiger partial charge in [-0.3, -0.25) is 4.90 Å². The molecule has 0 radical (unpaired) electrons. The van der Waals surface area contributed by atoms with Crippen molar-refractivity contribution in [3.05, 3.63) is 53.1 Å². The molecule has 0 bridgehead atoms. The minimum absolute atomic E-state index is 0.00791. The van der Waals surface area contributed by atoms with Gasteiger partial charge in [-0.15, -0.1) is 0 Å². The number of aliphatic hydroxyl groups is 1. The molecule has 1 unspecified atom stereocenters. The van der Waals surface area contributed by atoms with E-state index in [-0.39, 0.29) is 18.3 Å². The lowest BCUT2D eigenvalue weighted by Crippen LogP contribution is -2.34. The van der Waals surface area contributed by atoms with Gasteiger partial charge in [-0.05, 0) is 55.3 Å². The van der Waals surface area contributed by atoms with Crippen LogP contribution in [0.2, 0.25) is 0 Å². The molecule has 11 heteroatoms. The van der Waals surface area contributed by atoms with E-state index in [0.29, 0.717) is 58.4 Å². The molecule has 2 aromatic heterocycles. The van der Waals surface area contributed by atoms with Crippen LogP contribution in [0.15, 0.2) is 30.6 Å². The van der Waals surface area contributed by atoms with Gasteiger partial charge < -0.3 is 30.9 Å². The van der Waals surface area contributed by atoms with Crippen molar-refractivity contribution in [2.24, 2.45) is 0 Å². The van der Waals surface area contributed by atoms with E-state index in [0.717, 1.165) is 35.3 Å². The van der Waals surface area contributed by atoms with Crippen molar-refractivity contribution in [1.82, 2.24) is 19.9 Å². The number of rotatable bonds is 5. The molecule has 0 saturated carbocycles. The van der Waals surface area contributed by atoms with Crippen molar-refractivity contribution < 1.29 is 19.0 Å². The average molecular weight is 532 g/mol. The standard InChI is InChI=1S/C28H30FN7O3/c1-14-18(11-32-27-26(14)31-5-7-39-27)17-10-20-19(25(30)24(17)29)12-33-28(34-20)35-21-9-16-15(8-23(21)38-3)4-6-36(2)22(16)13-37/h8-12,22,31,37H,4-7,13,30H2,1-3H3,(H,33,34,35). The van der Waals surface area contributed by atoms with Gasteiger partial charge in [0, 0.05) is 42.0 Å². The zero-order valence-electron chi connectivity index (χ0n) is 22.0. The van der Waals surface area contributed by atoms with Crippen LogP contribution in [0.3, 0.4) is 0 Å². The summed E-state index contributed by atoms with van der Waals surface area (Å²) in [5, 5.41) is 17.0. The van der Waals surface area contributed by atoms with Gasteiger partial charge in [-0.1, -0.05) is 0 Å². The molecule has 202 valence electrons. The summed E-state index contributed by atoms with van der Waals surface area (Å²) in [6.45, 7) is 3.92. The van der Waals surface area contributed by atoms with Crippen LogP contribution in [-0.4, -0.2) is 65.4 Å². The summed E-state index contributed by atoms with van der Waals surface area (Å²) in [6.07, 6.45) is 3.96. The number of pyridine rings is 1. The second-order valence-electron chi connectivity index (χ2n) is 9.84. The Morgan fingerprint density at radius 2 is 2.10 bits per heavy atom. The normalized spacial score (nSPS) is 16.7. The number of fused-ring (bicyclic) bond motifs is 3. The number of halogens is 1. The third kappa shape index (κ3) is 4.23. The van der Waals surface area contributed by atoms with Crippen molar-refractivity contribution in [2.75, 3.05) is 56.8 Å². The average Bonchev–Trinajstić information content (AvgIpc) is 2.95. The van der Waals surface area contributed by atoms with Crippen LogP contribution in [0.5, 0.6) is 11.6 Å². The smallest absolute Gasteiger partial charge is 0.237 e. The Labute approximate surface area is 225 Å². The molecule has 4 aromatic rings. The van der Waals surface area contributed by atoms with Gasteiger partial charge in [0.15, 0.2) is 5.82 Å². The molecule has 6 rings (SSSR count). The number of nitrogens with zero attached hydrogens (tertiary/aromatic N) is 4. The van der Waals surface area contributed by atoms with E-state index < -0.39 is 5.82 Å². The van der Waals surface area contributed by atoms with E-state index in [1.165, 1.54) is 6.20 Å². The van der Waals surface area contributed by atoms with Crippen LogP contribution < -0.4 is 25.8 Å². The van der Waals surface area contributed by atoms with E-state index in [9.17, 15) is 5.11 Å². The maximum absolute atomic E-state index is 15.5. The molecule has 0 amide bonds. The number of methoxy groups -OCH3 is 1. The molecule has 4 heterocycles. The summed E-state index contributed by atoms with van der Waals surface area (Å²) < 4.78 is 26.8. The Balaban J connectivity index is 1.42. The van der Waals surface area contributed by atoms with Gasteiger partial charge in [0.25, 0.3) is 0 Å². The highest BCUT2D eigenvalue weighted by Gasteiger charge is 2.26. The van der Waals surface area contributed by atoms with E-state index in [4.69, 9.17) is 15.2 Å². The summed E-state index contributed by atoms with van der Waals surface area (Å²) in [5.74, 6) is 0.893. The second-order valence-corrected chi connectivity index (χ2v) is 9.84. The molecule has 5 N–H and O–H groups in total. The van der Waals surface area contributed by atoms with Gasteiger partial charge in [0.2, 0.25) is 11.8 Å². The van der Waals surface area contributed by atoms with Crippen LogP contribution in [0.25, 0.3) is 22.0 Å². The van der Waals surface area contributed by atoms with Crippen LogP contribution in [-0.2, 0) is 6.42 Å². The molecule has 2 aromatic carbocycles. The lowest BCUT2D eigenvalue weighted by atomic mass is 9.92. The molecule has 0 fully saturated rings. The fourth-order valence-corrected chi connectivity index (χ4v) is 5.40. The summed E-state index contributed by atoms with van der Waals surface area (Å²) in [7, 11) is 3.61. The Kier molecular flexibility index (Phi) is 6.32. The topological polar surface area (TPSA) is 131 Å². The molecular weight excluding hydrogens is 501 g/mol. The van der Waals surface area contributed by atoms with Gasteiger partial charge in [0.05, 0.1) is 36.6 Å². The van der Waals surface area contributed by atoms with E-state index in [1.807, 2.05) is 26.1 Å². The number of likely N-dealkylation sites (N-methyl/N-ethyl adjacent to an activating group) is 1. The highest BCUT2D eigenvalue weighted by Crippen LogP contribution is 2.40. The Hall–Kier alpha value is -4.22. The van der Waals surface area contributed by atoms with E-state index in [1.54, 1.807) is 19.4 Å². The lowest BCUT2D eigenvalue weighted by molar-refractivity contribution is 0.139. The van der Waals surface area contributed by atoms with Crippen LogP contribution in [0.1, 0.15) is 22.7 Å². The number of hydrogen-bond donors (Lipinski definition) is 4. The Morgan fingerprint density at radius 3 is 2.90 bits per heavy atom. The predicted octanol–water partition coefficient (Wildman–Crippen LogP) is 3.80. The minimum atomic E-state index is -0.552. The first kappa shape index (κ1) is 25.1. The number of hydrogen-bond acceptors (Lipinski definition) is 10. The molecule has 0 spiro atoms. The molecular formula is C28H30FN7O3. The predicted molar refractivity (Wildman–Crippen MR) is 148 cm³/mol. The summed E-state index contributed by atoms with van der Waals surface area (Å²) >= 11 is 0. The summed E-state index contributed by atoms with van der Waals surface area (Å²) in [5.41, 5.74) is 12.0. The van der Waals surface area contributed by atoms with Crippen LogP contribution in [0, 0.1) is 12.7 Å². The summed E-state index contributed by atoms with van der Waals surface area (Å²) in [6, 6.07) is 5.51. The lowest BCUT2D eigenvalue weighted by Gasteiger charge is -2.34. The maximum atomic E-state index is 15.5. The zero-order chi connectivity index (χ0) is 27.3. The van der Waals surface area contributed by atoms with Crippen LogP contribution >= 0.6 is 0 Å². The number of nitrogen functional groups attached to an aromatic ring is 1. The largest absolute Gasteiger partial charge is 0.495 e. The first-order chi connectivity index (χ1) is 18.9. The van der Waals surface area contributed by atoms with Crippen molar-refractivity contribution in [2.45, 2.75) is 19.4 Å². The van der Waals surface area contributed by atoms with Gasteiger partial charge in [0.1, 0.15) is 18.0 Å². The molecule has 2 aliphatic rings. The van der Waals surface area contributed by atoms with Crippen molar-refractivity contribution in [1.29, 1.82) is 0 Å². The third-order valence-electron chi connectivity index (χ3n) is 7.60. The van der Waals surface area contributed by atoms with E-state index in [2.05, 4.69) is 30.5 Å². The molecule has 2 aliphatic heterocycles. The number of ether oxygens (including phenoxy) is 2. The molecule has 1 atom stereocenters.